The van der Waals surface area contributed by atoms with E-state index in [0.717, 1.165) is 22.3 Å². The highest BCUT2D eigenvalue weighted by Crippen LogP contribution is 2.22. The Morgan fingerprint density at radius 3 is 2.89 bits per heavy atom. The summed E-state index contributed by atoms with van der Waals surface area (Å²) in [5, 5.41) is 3.07. The molecular weight excluding hydrogens is 294 g/mol. The highest BCUT2D eigenvalue weighted by molar-refractivity contribution is 9.10. The first-order chi connectivity index (χ1) is 8.69. The van der Waals surface area contributed by atoms with Crippen molar-refractivity contribution in [3.8, 4) is 11.8 Å². The number of benzene rings is 1. The summed E-state index contributed by atoms with van der Waals surface area (Å²) >= 11 is 3.39. The van der Waals surface area contributed by atoms with Gasteiger partial charge in [0.25, 0.3) is 0 Å². The Balaban J connectivity index is 2.17. The van der Waals surface area contributed by atoms with Crippen molar-refractivity contribution < 1.29 is 4.74 Å². The van der Waals surface area contributed by atoms with Crippen molar-refractivity contribution in [3.63, 3.8) is 0 Å². The number of aromatic nitrogens is 2. The van der Waals surface area contributed by atoms with Gasteiger partial charge in [0, 0.05) is 28.5 Å². The van der Waals surface area contributed by atoms with Crippen LogP contribution in [-0.2, 0) is 6.54 Å². The smallest absolute Gasteiger partial charge is 0.322 e. The Morgan fingerprint density at radius 2 is 2.22 bits per heavy atom. The first-order valence-electron chi connectivity index (χ1n) is 5.59. The quantitative estimate of drug-likeness (QED) is 0.943. The minimum atomic E-state index is 0.366. The number of nitrogens with zero attached hydrogens (tertiary/aromatic N) is 2. The maximum absolute atomic E-state index is 5.60. The topological polar surface area (TPSA) is 47.0 Å². The van der Waals surface area contributed by atoms with E-state index in [9.17, 15) is 0 Å². The summed E-state index contributed by atoms with van der Waals surface area (Å²) < 4.78 is 6.56. The molecule has 4 nitrogen and oxygen atoms in total. The van der Waals surface area contributed by atoms with Crippen molar-refractivity contribution in [3.05, 3.63) is 46.2 Å². The molecule has 0 saturated carbocycles. The van der Waals surface area contributed by atoms with E-state index in [1.165, 1.54) is 0 Å². The molecule has 0 unspecified atom stereocenters. The van der Waals surface area contributed by atoms with Crippen LogP contribution in [0.15, 0.2) is 34.9 Å². The van der Waals surface area contributed by atoms with Crippen molar-refractivity contribution in [2.24, 2.45) is 0 Å². The molecule has 0 radical (unpaired) electrons. The Bertz CT molecular complexity index is 546. The number of hydrogen-bond donors (Lipinski definition) is 1. The van der Waals surface area contributed by atoms with E-state index < -0.39 is 0 Å². The molecule has 1 N–H and O–H groups in total. The number of halogens is 1. The third-order valence-electron chi connectivity index (χ3n) is 2.43. The molecule has 94 valence electrons. The van der Waals surface area contributed by atoms with Gasteiger partial charge in [-0.3, -0.25) is 0 Å². The summed E-state index contributed by atoms with van der Waals surface area (Å²) in [4.78, 5) is 8.52. The number of ether oxygens (including phenoxy) is 1. The molecule has 0 bridgehead atoms. The molecule has 2 rings (SSSR count). The highest BCUT2D eigenvalue weighted by Gasteiger charge is 2.05. The van der Waals surface area contributed by atoms with Crippen LogP contribution in [-0.4, -0.2) is 17.0 Å². The van der Waals surface area contributed by atoms with Crippen LogP contribution in [0, 0.1) is 6.92 Å². The fourth-order valence-corrected chi connectivity index (χ4v) is 1.90. The van der Waals surface area contributed by atoms with Crippen LogP contribution in [0.25, 0.3) is 0 Å². The van der Waals surface area contributed by atoms with Crippen LogP contribution >= 0.6 is 15.9 Å². The molecule has 1 aromatic carbocycles. The van der Waals surface area contributed by atoms with E-state index in [0.29, 0.717) is 11.8 Å². The Labute approximate surface area is 115 Å². The predicted molar refractivity (Wildman–Crippen MR) is 73.7 cm³/mol. The van der Waals surface area contributed by atoms with Crippen molar-refractivity contribution in [1.82, 2.24) is 15.3 Å². The van der Waals surface area contributed by atoms with Gasteiger partial charge in [-0.1, -0.05) is 22.0 Å². The van der Waals surface area contributed by atoms with Gasteiger partial charge in [0.1, 0.15) is 5.75 Å². The average molecular weight is 308 g/mol. The van der Waals surface area contributed by atoms with Gasteiger partial charge in [-0.25, -0.2) is 4.98 Å². The molecule has 0 spiro atoms. The van der Waals surface area contributed by atoms with Gasteiger partial charge in [0.05, 0.1) is 0 Å². The summed E-state index contributed by atoms with van der Waals surface area (Å²) in [6.07, 6.45) is 1.78. The van der Waals surface area contributed by atoms with Crippen LogP contribution < -0.4 is 10.1 Å². The molecule has 0 aliphatic rings. The summed E-state index contributed by atoms with van der Waals surface area (Å²) in [7, 11) is 1.89. The van der Waals surface area contributed by atoms with Gasteiger partial charge in [0.2, 0.25) is 0 Å². The minimum Gasteiger partial charge on any atom is -0.424 e. The molecule has 0 aliphatic carbocycles. The largest absolute Gasteiger partial charge is 0.424 e. The minimum absolute atomic E-state index is 0.366. The van der Waals surface area contributed by atoms with Crippen LogP contribution in [0.3, 0.4) is 0 Å². The van der Waals surface area contributed by atoms with Crippen molar-refractivity contribution in [1.29, 1.82) is 0 Å². The predicted octanol–water partition coefficient (Wildman–Crippen LogP) is 3.06. The van der Waals surface area contributed by atoms with Crippen LogP contribution in [0.2, 0.25) is 0 Å². The van der Waals surface area contributed by atoms with Crippen LogP contribution in [0.4, 0.5) is 0 Å². The molecule has 1 aromatic heterocycles. The first kappa shape index (κ1) is 13.0. The first-order valence-corrected chi connectivity index (χ1v) is 6.39. The zero-order valence-electron chi connectivity index (χ0n) is 10.3. The molecule has 0 atom stereocenters. The van der Waals surface area contributed by atoms with Gasteiger partial charge in [-0.15, -0.1) is 0 Å². The molecule has 0 fully saturated rings. The van der Waals surface area contributed by atoms with E-state index in [2.05, 4.69) is 31.2 Å². The third-order valence-corrected chi connectivity index (χ3v) is 2.92. The monoisotopic (exact) mass is 307 g/mol. The SMILES string of the molecule is CNCc1cnc(Oc2cccc(Br)c2)nc1C. The zero-order chi connectivity index (χ0) is 13.0. The fourth-order valence-electron chi connectivity index (χ4n) is 1.52. The lowest BCUT2D eigenvalue weighted by atomic mass is 10.2. The van der Waals surface area contributed by atoms with Crippen molar-refractivity contribution in [2.75, 3.05) is 7.05 Å². The van der Waals surface area contributed by atoms with E-state index in [-0.39, 0.29) is 0 Å². The number of nitrogens with one attached hydrogen (secondary N) is 1. The van der Waals surface area contributed by atoms with Gasteiger partial charge in [-0.05, 0) is 32.2 Å². The van der Waals surface area contributed by atoms with E-state index in [1.807, 2.05) is 38.2 Å². The van der Waals surface area contributed by atoms with Gasteiger partial charge in [-0.2, -0.15) is 4.98 Å². The van der Waals surface area contributed by atoms with E-state index >= 15 is 0 Å². The normalized spacial score (nSPS) is 10.4. The molecule has 1 heterocycles. The van der Waals surface area contributed by atoms with Gasteiger partial charge >= 0.3 is 6.01 Å². The standard InChI is InChI=1S/C13H14BrN3O/c1-9-10(7-15-2)8-16-13(17-9)18-12-5-3-4-11(14)6-12/h3-6,8,15H,7H2,1-2H3. The summed E-state index contributed by atoms with van der Waals surface area (Å²) in [5.41, 5.74) is 1.99. The lowest BCUT2D eigenvalue weighted by Crippen LogP contribution is -2.08. The molecule has 18 heavy (non-hydrogen) atoms. The maximum Gasteiger partial charge on any atom is 0.322 e. The average Bonchev–Trinajstić information content (AvgIpc) is 2.33. The maximum atomic E-state index is 5.60. The van der Waals surface area contributed by atoms with Crippen LogP contribution in [0.5, 0.6) is 11.8 Å². The van der Waals surface area contributed by atoms with Crippen molar-refractivity contribution >= 4 is 15.9 Å². The Hall–Kier alpha value is -1.46. The van der Waals surface area contributed by atoms with Crippen molar-refractivity contribution in [2.45, 2.75) is 13.5 Å². The second kappa shape index (κ2) is 5.93. The Kier molecular flexibility index (Phi) is 4.28. The summed E-state index contributed by atoms with van der Waals surface area (Å²) in [5.74, 6) is 0.713. The number of hydrogen-bond acceptors (Lipinski definition) is 4. The zero-order valence-corrected chi connectivity index (χ0v) is 11.9. The molecule has 0 aliphatic heterocycles. The molecule has 5 heteroatoms. The molecule has 2 aromatic rings. The molecule has 0 amide bonds. The number of aryl methyl sites for hydroxylation is 1. The van der Waals surface area contributed by atoms with E-state index in [4.69, 9.17) is 4.74 Å². The molecular formula is C13H14BrN3O. The summed E-state index contributed by atoms with van der Waals surface area (Å²) in [6, 6.07) is 7.95. The highest BCUT2D eigenvalue weighted by atomic mass is 79.9. The summed E-state index contributed by atoms with van der Waals surface area (Å²) in [6.45, 7) is 2.70. The lowest BCUT2D eigenvalue weighted by Gasteiger charge is -2.07. The van der Waals surface area contributed by atoms with E-state index in [1.54, 1.807) is 6.20 Å². The molecule has 0 saturated heterocycles. The second-order valence-electron chi connectivity index (χ2n) is 3.85. The second-order valence-corrected chi connectivity index (χ2v) is 4.77. The van der Waals surface area contributed by atoms with Gasteiger partial charge in [0.15, 0.2) is 0 Å². The Morgan fingerprint density at radius 1 is 1.39 bits per heavy atom. The fraction of sp³-hybridized carbons (Fsp3) is 0.231. The van der Waals surface area contributed by atoms with Gasteiger partial charge < -0.3 is 10.1 Å². The van der Waals surface area contributed by atoms with Crippen LogP contribution in [0.1, 0.15) is 11.3 Å². The number of rotatable bonds is 4. The third kappa shape index (κ3) is 3.27. The lowest BCUT2D eigenvalue weighted by molar-refractivity contribution is 0.439.